The average Bonchev–Trinajstić information content (AvgIpc) is 3.39. The number of nitrogens with zero attached hydrogens (tertiary/aromatic N) is 1. The molecule has 222 valence electrons. The molecule has 0 bridgehead atoms. The minimum atomic E-state index is -0.818. The minimum absolute atomic E-state index is 0.0626. The predicted octanol–water partition coefficient (Wildman–Crippen LogP) is 8.17. The number of rotatable bonds is 12. The lowest BCUT2D eigenvalue weighted by molar-refractivity contribution is -0.137. The largest absolute Gasteiger partial charge is 0.481 e. The number of fused-ring (bicyclic) bond motifs is 1. The van der Waals surface area contributed by atoms with Crippen molar-refractivity contribution in [1.82, 2.24) is 0 Å². The Labute approximate surface area is 254 Å². The number of carbonyl (C=O) groups is 2. The lowest BCUT2D eigenvalue weighted by Gasteiger charge is -2.27. The number of hydrogen-bond donors (Lipinski definition) is 3. The lowest BCUT2D eigenvalue weighted by Crippen LogP contribution is -2.28. The summed E-state index contributed by atoms with van der Waals surface area (Å²) < 4.78 is 0. The molecule has 1 heterocycles. The van der Waals surface area contributed by atoms with Crippen molar-refractivity contribution in [2.75, 3.05) is 23.3 Å². The Morgan fingerprint density at radius 3 is 2.43 bits per heavy atom. The van der Waals surface area contributed by atoms with Crippen LogP contribution in [0.25, 0.3) is 0 Å². The molecule has 0 saturated heterocycles. The standard InChI is InChI=1S/C35H41ClN2O4/c1-34(2,26-11-5-7-13-28(26)37-22-19-31(39)40)21-9-10-24-15-16-25(33(24)36)17-18-30-35(3,4)27-12-6-8-14-29(27)38(30)23-20-32(41)42/h5-14,17-18,37H,15-16,19-23H2,1-4H3,(H,39,40)(H,41,42)/b10-9+,25-17+,30-18+. The van der Waals surface area contributed by atoms with Crippen molar-refractivity contribution < 1.29 is 19.8 Å². The Morgan fingerprint density at radius 1 is 1.00 bits per heavy atom. The zero-order valence-corrected chi connectivity index (χ0v) is 25.7. The highest BCUT2D eigenvalue weighted by Gasteiger charge is 2.39. The van der Waals surface area contributed by atoms with Crippen LogP contribution < -0.4 is 10.2 Å². The molecule has 2 aromatic rings. The first-order valence-electron chi connectivity index (χ1n) is 14.5. The van der Waals surface area contributed by atoms with E-state index in [1.807, 2.05) is 30.3 Å². The van der Waals surface area contributed by atoms with Gasteiger partial charge in [0, 0.05) is 40.6 Å². The predicted molar refractivity (Wildman–Crippen MR) is 171 cm³/mol. The summed E-state index contributed by atoms with van der Waals surface area (Å²) in [4.78, 5) is 24.5. The molecule has 42 heavy (non-hydrogen) atoms. The summed E-state index contributed by atoms with van der Waals surface area (Å²) in [5, 5.41) is 22.4. The van der Waals surface area contributed by atoms with Crippen molar-refractivity contribution in [2.45, 2.75) is 70.6 Å². The number of halogens is 1. The van der Waals surface area contributed by atoms with Crippen molar-refractivity contribution >= 4 is 34.9 Å². The molecule has 0 amide bonds. The molecule has 0 atom stereocenters. The van der Waals surface area contributed by atoms with E-state index in [0.29, 0.717) is 13.1 Å². The van der Waals surface area contributed by atoms with Gasteiger partial charge in [0.15, 0.2) is 0 Å². The van der Waals surface area contributed by atoms with Crippen molar-refractivity contribution in [3.05, 3.63) is 106 Å². The summed E-state index contributed by atoms with van der Waals surface area (Å²) in [6.07, 6.45) is 11.2. The van der Waals surface area contributed by atoms with Crippen LogP contribution in [0.1, 0.15) is 70.9 Å². The number of anilines is 2. The van der Waals surface area contributed by atoms with Gasteiger partial charge in [-0.25, -0.2) is 0 Å². The van der Waals surface area contributed by atoms with Crippen molar-refractivity contribution in [1.29, 1.82) is 0 Å². The highest BCUT2D eigenvalue weighted by atomic mass is 35.5. The fraction of sp³-hybridized carbons (Fsp3) is 0.371. The number of carboxylic acid groups (broad SMARTS) is 2. The third-order valence-corrected chi connectivity index (χ3v) is 8.76. The molecular weight excluding hydrogens is 548 g/mol. The number of hydrogen-bond acceptors (Lipinski definition) is 4. The second-order valence-corrected chi connectivity index (χ2v) is 12.5. The second kappa shape index (κ2) is 13.0. The van der Waals surface area contributed by atoms with E-state index in [4.69, 9.17) is 16.7 Å². The summed E-state index contributed by atoms with van der Waals surface area (Å²) >= 11 is 6.89. The number of carboxylic acids is 2. The highest BCUT2D eigenvalue weighted by molar-refractivity contribution is 6.33. The monoisotopic (exact) mass is 588 g/mol. The van der Waals surface area contributed by atoms with Crippen LogP contribution in [-0.2, 0) is 20.4 Å². The summed E-state index contributed by atoms with van der Waals surface area (Å²) in [5.41, 5.74) is 7.21. The van der Waals surface area contributed by atoms with Crippen LogP contribution in [0.4, 0.5) is 11.4 Å². The van der Waals surface area contributed by atoms with Crippen molar-refractivity contribution in [3.8, 4) is 0 Å². The SMILES string of the molecule is CC(C)(C/C=C/C1=C(Cl)C(=C/C=C2/N(CCC(=O)O)c3ccccc3C2(C)C)/CC1)c1ccccc1NCCC(=O)O. The van der Waals surface area contributed by atoms with Crippen LogP contribution in [0.5, 0.6) is 0 Å². The van der Waals surface area contributed by atoms with Gasteiger partial charge >= 0.3 is 11.9 Å². The number of para-hydroxylation sites is 2. The van der Waals surface area contributed by atoms with E-state index >= 15 is 0 Å². The maximum absolute atomic E-state index is 11.4. The molecule has 1 aliphatic carbocycles. The zero-order valence-electron chi connectivity index (χ0n) is 24.9. The molecule has 7 heteroatoms. The van der Waals surface area contributed by atoms with Crippen molar-refractivity contribution in [2.24, 2.45) is 0 Å². The Kier molecular flexibility index (Phi) is 9.67. The Balaban J connectivity index is 1.51. The van der Waals surface area contributed by atoms with Crippen LogP contribution in [-0.4, -0.2) is 35.2 Å². The second-order valence-electron chi connectivity index (χ2n) is 12.1. The quantitative estimate of drug-likeness (QED) is 0.232. The first-order chi connectivity index (χ1) is 19.9. The van der Waals surface area contributed by atoms with E-state index < -0.39 is 11.9 Å². The number of benzene rings is 2. The summed E-state index contributed by atoms with van der Waals surface area (Å²) in [6.45, 7) is 9.53. The summed E-state index contributed by atoms with van der Waals surface area (Å²) in [7, 11) is 0. The van der Waals surface area contributed by atoms with Crippen LogP contribution in [0.15, 0.2) is 94.7 Å². The minimum Gasteiger partial charge on any atom is -0.481 e. The summed E-state index contributed by atoms with van der Waals surface area (Å²) in [6, 6.07) is 16.3. The average molecular weight is 589 g/mol. The molecule has 0 unspecified atom stereocenters. The molecule has 0 radical (unpaired) electrons. The van der Waals surface area contributed by atoms with Crippen molar-refractivity contribution in [3.63, 3.8) is 0 Å². The first kappa shape index (κ1) is 31.2. The van der Waals surface area contributed by atoms with Crippen LogP contribution in [0.3, 0.4) is 0 Å². The molecule has 4 rings (SSSR count). The smallest absolute Gasteiger partial charge is 0.305 e. The van der Waals surface area contributed by atoms with E-state index in [-0.39, 0.29) is 23.7 Å². The Morgan fingerprint density at radius 2 is 1.69 bits per heavy atom. The van der Waals surface area contributed by atoms with Gasteiger partial charge in [-0.15, -0.1) is 0 Å². The van der Waals surface area contributed by atoms with Crippen LogP contribution in [0.2, 0.25) is 0 Å². The first-order valence-corrected chi connectivity index (χ1v) is 14.9. The summed E-state index contributed by atoms with van der Waals surface area (Å²) in [5.74, 6) is -1.63. The van der Waals surface area contributed by atoms with E-state index in [1.54, 1.807) is 0 Å². The van der Waals surface area contributed by atoms with Gasteiger partial charge in [0.05, 0.1) is 12.8 Å². The lowest BCUT2D eigenvalue weighted by atomic mass is 9.80. The van der Waals surface area contributed by atoms with Gasteiger partial charge < -0.3 is 20.4 Å². The van der Waals surface area contributed by atoms with Crippen LogP contribution in [0, 0.1) is 0 Å². The molecule has 0 spiro atoms. The number of aliphatic carboxylic acids is 2. The number of allylic oxidation sites excluding steroid dienone is 8. The Bertz CT molecular complexity index is 1460. The Hall–Kier alpha value is -3.77. The fourth-order valence-corrected chi connectivity index (χ4v) is 6.23. The van der Waals surface area contributed by atoms with Gasteiger partial charge in [0.2, 0.25) is 0 Å². The third-order valence-electron chi connectivity index (χ3n) is 8.28. The van der Waals surface area contributed by atoms with Gasteiger partial charge in [-0.2, -0.15) is 0 Å². The van der Waals surface area contributed by atoms with Crippen LogP contribution >= 0.6 is 11.6 Å². The molecule has 0 aromatic heterocycles. The zero-order chi connectivity index (χ0) is 30.5. The molecule has 2 aliphatic rings. The molecular formula is C35H41ClN2O4. The topological polar surface area (TPSA) is 89.9 Å². The van der Waals surface area contributed by atoms with Gasteiger partial charge in [-0.05, 0) is 65.2 Å². The third kappa shape index (κ3) is 6.99. The number of nitrogens with one attached hydrogen (secondary N) is 1. The highest BCUT2D eigenvalue weighted by Crippen LogP contribution is 2.48. The fourth-order valence-electron chi connectivity index (χ4n) is 5.91. The van der Waals surface area contributed by atoms with E-state index in [1.165, 1.54) is 5.56 Å². The van der Waals surface area contributed by atoms with E-state index in [9.17, 15) is 14.7 Å². The molecule has 2 aromatic carbocycles. The van der Waals surface area contributed by atoms with Gasteiger partial charge in [-0.3, -0.25) is 9.59 Å². The van der Waals surface area contributed by atoms with Gasteiger partial charge in [0.1, 0.15) is 0 Å². The molecule has 0 fully saturated rings. The van der Waals surface area contributed by atoms with Gasteiger partial charge in [-0.1, -0.05) is 93.9 Å². The van der Waals surface area contributed by atoms with E-state index in [2.05, 4.69) is 80.4 Å². The molecule has 6 nitrogen and oxygen atoms in total. The molecule has 3 N–H and O–H groups in total. The maximum Gasteiger partial charge on any atom is 0.305 e. The molecule has 0 saturated carbocycles. The van der Waals surface area contributed by atoms with Gasteiger partial charge in [0.25, 0.3) is 0 Å². The maximum atomic E-state index is 11.4. The van der Waals surface area contributed by atoms with E-state index in [0.717, 1.165) is 58.1 Å². The normalized spacial score (nSPS) is 18.4. The molecule has 1 aliphatic heterocycles.